The molecule has 2 aromatic heterocycles. The van der Waals surface area contributed by atoms with Crippen molar-refractivity contribution in [3.63, 3.8) is 0 Å². The normalized spacial score (nSPS) is 10.9. The Hall–Kier alpha value is -1.68. The lowest BCUT2D eigenvalue weighted by molar-refractivity contribution is 0.624. The zero-order valence-electron chi connectivity index (χ0n) is 10.3. The highest BCUT2D eigenvalue weighted by molar-refractivity contribution is 6.29. The van der Waals surface area contributed by atoms with Gasteiger partial charge in [-0.05, 0) is 11.6 Å². The number of halogens is 1. The SMILES string of the molecule is CC(C)c1nc(Cl)cc(=O)n1Cc1cccnc1. The van der Waals surface area contributed by atoms with Gasteiger partial charge in [-0.3, -0.25) is 14.3 Å². The quantitative estimate of drug-likeness (QED) is 0.800. The summed E-state index contributed by atoms with van der Waals surface area (Å²) < 4.78 is 1.63. The molecule has 0 aliphatic rings. The summed E-state index contributed by atoms with van der Waals surface area (Å²) in [6, 6.07) is 5.11. The summed E-state index contributed by atoms with van der Waals surface area (Å²) in [6.45, 7) is 4.43. The van der Waals surface area contributed by atoms with Crippen LogP contribution < -0.4 is 5.56 Å². The summed E-state index contributed by atoms with van der Waals surface area (Å²) in [6.07, 6.45) is 3.45. The molecule has 2 aromatic rings. The molecule has 0 N–H and O–H groups in total. The van der Waals surface area contributed by atoms with E-state index in [9.17, 15) is 4.79 Å². The fourth-order valence-electron chi connectivity index (χ4n) is 1.77. The molecule has 0 aliphatic carbocycles. The summed E-state index contributed by atoms with van der Waals surface area (Å²) in [7, 11) is 0. The standard InChI is InChI=1S/C13H14ClN3O/c1-9(2)13-16-11(14)6-12(18)17(13)8-10-4-3-5-15-7-10/h3-7,9H,8H2,1-2H3. The van der Waals surface area contributed by atoms with Crippen molar-refractivity contribution >= 4 is 11.6 Å². The predicted molar refractivity (Wildman–Crippen MR) is 70.9 cm³/mol. The van der Waals surface area contributed by atoms with Crippen molar-refractivity contribution in [1.29, 1.82) is 0 Å². The van der Waals surface area contributed by atoms with Gasteiger partial charge in [0.05, 0.1) is 6.54 Å². The Morgan fingerprint density at radius 2 is 2.22 bits per heavy atom. The maximum Gasteiger partial charge on any atom is 0.255 e. The second-order valence-electron chi connectivity index (χ2n) is 4.38. The van der Waals surface area contributed by atoms with Gasteiger partial charge in [0.2, 0.25) is 0 Å². The number of rotatable bonds is 3. The molecule has 94 valence electrons. The summed E-state index contributed by atoms with van der Waals surface area (Å²) in [4.78, 5) is 20.3. The smallest absolute Gasteiger partial charge is 0.255 e. The molecule has 2 heterocycles. The highest BCUT2D eigenvalue weighted by atomic mass is 35.5. The number of hydrogen-bond acceptors (Lipinski definition) is 3. The average Bonchev–Trinajstić information content (AvgIpc) is 2.33. The molecular weight excluding hydrogens is 250 g/mol. The molecular formula is C13H14ClN3O. The van der Waals surface area contributed by atoms with E-state index in [0.717, 1.165) is 5.56 Å². The van der Waals surface area contributed by atoms with E-state index in [1.54, 1.807) is 17.0 Å². The van der Waals surface area contributed by atoms with Gasteiger partial charge in [0.1, 0.15) is 11.0 Å². The molecule has 0 atom stereocenters. The molecule has 2 rings (SSSR count). The van der Waals surface area contributed by atoms with E-state index in [0.29, 0.717) is 12.4 Å². The summed E-state index contributed by atoms with van der Waals surface area (Å²) in [5.41, 5.74) is 0.827. The molecule has 0 amide bonds. The van der Waals surface area contributed by atoms with Crippen molar-refractivity contribution in [2.45, 2.75) is 26.3 Å². The van der Waals surface area contributed by atoms with Crippen LogP contribution in [0.25, 0.3) is 0 Å². The fraction of sp³-hybridized carbons (Fsp3) is 0.308. The number of aromatic nitrogens is 3. The number of nitrogens with zero attached hydrogens (tertiary/aromatic N) is 3. The molecule has 0 saturated heterocycles. The van der Waals surface area contributed by atoms with Gasteiger partial charge in [-0.15, -0.1) is 0 Å². The van der Waals surface area contributed by atoms with Gasteiger partial charge >= 0.3 is 0 Å². The van der Waals surface area contributed by atoms with E-state index in [1.165, 1.54) is 6.07 Å². The van der Waals surface area contributed by atoms with Gasteiger partial charge in [0.15, 0.2) is 0 Å². The third-order valence-electron chi connectivity index (χ3n) is 2.59. The van der Waals surface area contributed by atoms with E-state index < -0.39 is 0 Å². The van der Waals surface area contributed by atoms with Crippen LogP contribution in [0.2, 0.25) is 5.15 Å². The van der Waals surface area contributed by atoms with Gasteiger partial charge in [0, 0.05) is 24.4 Å². The highest BCUT2D eigenvalue weighted by Crippen LogP contribution is 2.13. The monoisotopic (exact) mass is 263 g/mol. The third-order valence-corrected chi connectivity index (χ3v) is 2.78. The fourth-order valence-corrected chi connectivity index (χ4v) is 1.95. The Balaban J connectivity index is 2.47. The second kappa shape index (κ2) is 5.31. The van der Waals surface area contributed by atoms with E-state index >= 15 is 0 Å². The first kappa shape index (κ1) is 12.8. The first-order chi connectivity index (χ1) is 8.58. The zero-order valence-corrected chi connectivity index (χ0v) is 11.1. The number of hydrogen-bond donors (Lipinski definition) is 0. The maximum absolute atomic E-state index is 12.0. The molecule has 0 unspecified atom stereocenters. The molecule has 0 spiro atoms. The van der Waals surface area contributed by atoms with Gasteiger partial charge < -0.3 is 0 Å². The first-order valence-corrected chi connectivity index (χ1v) is 6.12. The van der Waals surface area contributed by atoms with E-state index in [1.807, 2.05) is 26.0 Å². The lowest BCUT2D eigenvalue weighted by Crippen LogP contribution is -2.25. The van der Waals surface area contributed by atoms with Crippen LogP contribution in [-0.4, -0.2) is 14.5 Å². The van der Waals surface area contributed by atoms with E-state index in [4.69, 9.17) is 11.6 Å². The third kappa shape index (κ3) is 2.76. The Morgan fingerprint density at radius 1 is 1.44 bits per heavy atom. The topological polar surface area (TPSA) is 47.8 Å². The van der Waals surface area contributed by atoms with Crippen LogP contribution in [0.1, 0.15) is 31.2 Å². The summed E-state index contributed by atoms with van der Waals surface area (Å²) in [5.74, 6) is 0.824. The van der Waals surface area contributed by atoms with Crippen LogP contribution in [0, 0.1) is 0 Å². The van der Waals surface area contributed by atoms with Crippen LogP contribution in [-0.2, 0) is 6.54 Å². The minimum absolute atomic E-state index is 0.132. The lowest BCUT2D eigenvalue weighted by Gasteiger charge is -2.14. The second-order valence-corrected chi connectivity index (χ2v) is 4.76. The zero-order chi connectivity index (χ0) is 13.1. The summed E-state index contributed by atoms with van der Waals surface area (Å²) in [5, 5.41) is 0.242. The van der Waals surface area contributed by atoms with Crippen molar-refractivity contribution in [3.05, 3.63) is 57.5 Å². The van der Waals surface area contributed by atoms with Gasteiger partial charge in [0.25, 0.3) is 5.56 Å². The average molecular weight is 264 g/mol. The molecule has 0 radical (unpaired) electrons. The van der Waals surface area contributed by atoms with Gasteiger partial charge in [-0.2, -0.15) is 0 Å². The van der Waals surface area contributed by atoms with Crippen molar-refractivity contribution in [2.75, 3.05) is 0 Å². The lowest BCUT2D eigenvalue weighted by atomic mass is 10.2. The maximum atomic E-state index is 12.0. The highest BCUT2D eigenvalue weighted by Gasteiger charge is 2.11. The Bertz CT molecular complexity index is 593. The van der Waals surface area contributed by atoms with Crippen molar-refractivity contribution in [3.8, 4) is 0 Å². The molecule has 4 nitrogen and oxygen atoms in total. The van der Waals surface area contributed by atoms with Crippen molar-refractivity contribution in [1.82, 2.24) is 14.5 Å². The number of pyridine rings is 1. The van der Waals surface area contributed by atoms with Crippen molar-refractivity contribution < 1.29 is 0 Å². The molecule has 18 heavy (non-hydrogen) atoms. The summed E-state index contributed by atoms with van der Waals surface area (Å²) >= 11 is 5.83. The van der Waals surface area contributed by atoms with Gasteiger partial charge in [-0.25, -0.2) is 4.98 Å². The van der Waals surface area contributed by atoms with E-state index in [2.05, 4.69) is 9.97 Å². The van der Waals surface area contributed by atoms with Crippen molar-refractivity contribution in [2.24, 2.45) is 0 Å². The molecule has 0 aliphatic heterocycles. The van der Waals surface area contributed by atoms with Crippen LogP contribution >= 0.6 is 11.6 Å². The largest absolute Gasteiger partial charge is 0.292 e. The van der Waals surface area contributed by atoms with Gasteiger partial charge in [-0.1, -0.05) is 31.5 Å². The van der Waals surface area contributed by atoms with Crippen LogP contribution in [0.4, 0.5) is 0 Å². The predicted octanol–water partition coefficient (Wildman–Crippen LogP) is 2.46. The van der Waals surface area contributed by atoms with Crippen LogP contribution in [0.5, 0.6) is 0 Å². The molecule has 0 aromatic carbocycles. The Kier molecular flexibility index (Phi) is 3.77. The molecule has 0 fully saturated rings. The van der Waals surface area contributed by atoms with E-state index in [-0.39, 0.29) is 16.6 Å². The molecule has 0 saturated carbocycles. The first-order valence-electron chi connectivity index (χ1n) is 5.74. The molecule has 5 heteroatoms. The molecule has 0 bridgehead atoms. The Labute approximate surface area is 110 Å². The van der Waals surface area contributed by atoms with Crippen LogP contribution in [0.15, 0.2) is 35.4 Å². The minimum atomic E-state index is -0.137. The Morgan fingerprint density at radius 3 is 2.83 bits per heavy atom. The minimum Gasteiger partial charge on any atom is -0.292 e. The van der Waals surface area contributed by atoms with Crippen LogP contribution in [0.3, 0.4) is 0 Å².